The molecule has 3 rings (SSSR count). The van der Waals surface area contributed by atoms with Gasteiger partial charge in [0.25, 0.3) is 17.4 Å². The quantitative estimate of drug-likeness (QED) is 0.172. The third-order valence-corrected chi connectivity index (χ3v) is 5.00. The minimum absolute atomic E-state index is 0.0326. The molecule has 2 aromatic carbocycles. The number of aliphatic hydroxyl groups is 1. The van der Waals surface area contributed by atoms with Crippen molar-refractivity contribution < 1.29 is 24.4 Å². The largest absolute Gasteiger partial charge is 0.507 e. The summed E-state index contributed by atoms with van der Waals surface area (Å²) in [4.78, 5) is 37.6. The number of non-ortho nitro benzene ring substituents is 1. The predicted octanol–water partition coefficient (Wildman–Crippen LogP) is 3.83. The second-order valence-electron chi connectivity index (χ2n) is 7.48. The zero-order chi connectivity index (χ0) is 22.5. The van der Waals surface area contributed by atoms with Gasteiger partial charge in [-0.15, -0.1) is 0 Å². The molecule has 0 aliphatic carbocycles. The molecule has 162 valence electrons. The summed E-state index contributed by atoms with van der Waals surface area (Å²) < 4.78 is 5.53. The Hall–Kier alpha value is -3.52. The summed E-state index contributed by atoms with van der Waals surface area (Å²) in [6.07, 6.45) is 0.541. The number of amides is 1. The van der Waals surface area contributed by atoms with Gasteiger partial charge < -0.3 is 14.7 Å². The van der Waals surface area contributed by atoms with Gasteiger partial charge in [0, 0.05) is 30.8 Å². The van der Waals surface area contributed by atoms with Crippen molar-refractivity contribution in [1.82, 2.24) is 4.90 Å². The van der Waals surface area contributed by atoms with E-state index >= 15 is 0 Å². The molecule has 0 radical (unpaired) electrons. The Morgan fingerprint density at radius 3 is 2.35 bits per heavy atom. The van der Waals surface area contributed by atoms with E-state index in [-0.39, 0.29) is 29.7 Å². The highest BCUT2D eigenvalue weighted by molar-refractivity contribution is 6.46. The molecule has 1 aliphatic rings. The zero-order valence-corrected chi connectivity index (χ0v) is 17.4. The van der Waals surface area contributed by atoms with Crippen LogP contribution in [0.5, 0.6) is 0 Å². The van der Waals surface area contributed by atoms with Crippen LogP contribution in [0.3, 0.4) is 0 Å². The number of carbonyl (C=O) groups excluding carboxylic acids is 2. The Balaban J connectivity index is 2.03. The Morgan fingerprint density at radius 2 is 1.77 bits per heavy atom. The third kappa shape index (κ3) is 4.80. The number of hydrogen-bond acceptors (Lipinski definition) is 6. The molecule has 0 bridgehead atoms. The second-order valence-corrected chi connectivity index (χ2v) is 7.48. The summed E-state index contributed by atoms with van der Waals surface area (Å²) in [5.41, 5.74) is 0.784. The van der Waals surface area contributed by atoms with E-state index in [0.29, 0.717) is 24.2 Å². The molecule has 1 aliphatic heterocycles. The van der Waals surface area contributed by atoms with E-state index < -0.39 is 22.7 Å². The van der Waals surface area contributed by atoms with Gasteiger partial charge in [-0.3, -0.25) is 19.7 Å². The fraction of sp³-hybridized carbons (Fsp3) is 0.304. The summed E-state index contributed by atoms with van der Waals surface area (Å²) in [6, 6.07) is 13.3. The molecule has 0 saturated carbocycles. The van der Waals surface area contributed by atoms with Gasteiger partial charge >= 0.3 is 0 Å². The van der Waals surface area contributed by atoms with Crippen LogP contribution in [0.15, 0.2) is 60.2 Å². The van der Waals surface area contributed by atoms with Crippen LogP contribution in [0.25, 0.3) is 5.76 Å². The van der Waals surface area contributed by atoms with Crippen molar-refractivity contribution in [1.29, 1.82) is 0 Å². The second kappa shape index (κ2) is 9.53. The summed E-state index contributed by atoms with van der Waals surface area (Å²) in [5.74, 6) is -1.77. The lowest BCUT2D eigenvalue weighted by Crippen LogP contribution is -2.31. The first-order valence-corrected chi connectivity index (χ1v) is 10.0. The van der Waals surface area contributed by atoms with Gasteiger partial charge in [-0.2, -0.15) is 0 Å². The highest BCUT2D eigenvalue weighted by Gasteiger charge is 2.45. The Morgan fingerprint density at radius 1 is 1.13 bits per heavy atom. The number of hydrogen-bond donors (Lipinski definition) is 1. The third-order valence-electron chi connectivity index (χ3n) is 5.00. The van der Waals surface area contributed by atoms with Crippen LogP contribution in [-0.4, -0.2) is 45.9 Å². The summed E-state index contributed by atoms with van der Waals surface area (Å²) >= 11 is 0. The van der Waals surface area contributed by atoms with Crippen LogP contribution in [0.1, 0.15) is 37.4 Å². The lowest BCUT2D eigenvalue weighted by molar-refractivity contribution is -0.384. The predicted molar refractivity (Wildman–Crippen MR) is 114 cm³/mol. The van der Waals surface area contributed by atoms with E-state index in [0.717, 1.165) is 0 Å². The van der Waals surface area contributed by atoms with Crippen LogP contribution in [0, 0.1) is 10.1 Å². The first-order valence-electron chi connectivity index (χ1n) is 10.0. The number of ether oxygens (including phenoxy) is 1. The standard InChI is InChI=1S/C23H24N2O6/c1-15(2)31-14-6-13-24-20(16-9-11-18(12-10-16)25(29)30)19(22(27)23(24)28)21(26)17-7-4-3-5-8-17/h3-5,7-12,15,20,26H,6,13-14H2,1-2H3/t20-/m0/s1. The maximum absolute atomic E-state index is 12.9. The number of ketones is 1. The van der Waals surface area contributed by atoms with E-state index in [4.69, 9.17) is 4.74 Å². The molecule has 2 aromatic rings. The van der Waals surface area contributed by atoms with Crippen molar-refractivity contribution in [3.8, 4) is 0 Å². The first kappa shape index (κ1) is 22.2. The van der Waals surface area contributed by atoms with Gasteiger partial charge in [-0.1, -0.05) is 30.3 Å². The van der Waals surface area contributed by atoms with Crippen molar-refractivity contribution in [3.05, 3.63) is 81.4 Å². The molecule has 8 nitrogen and oxygen atoms in total. The average Bonchev–Trinajstić information content (AvgIpc) is 3.01. The van der Waals surface area contributed by atoms with Gasteiger partial charge in [-0.05, 0) is 38.0 Å². The lowest BCUT2D eigenvalue weighted by atomic mass is 9.95. The van der Waals surface area contributed by atoms with Gasteiger partial charge in [-0.25, -0.2) is 0 Å². The number of Topliss-reactive ketones (excluding diaryl/α,β-unsaturated/α-hetero) is 1. The number of nitro benzene ring substituents is 1. The number of aliphatic hydroxyl groups excluding tert-OH is 1. The van der Waals surface area contributed by atoms with Gasteiger partial charge in [0.15, 0.2) is 0 Å². The summed E-state index contributed by atoms with van der Waals surface area (Å²) in [7, 11) is 0. The normalized spacial score (nSPS) is 18.0. The summed E-state index contributed by atoms with van der Waals surface area (Å²) in [6.45, 7) is 4.46. The van der Waals surface area contributed by atoms with E-state index in [9.17, 15) is 24.8 Å². The fourth-order valence-corrected chi connectivity index (χ4v) is 3.54. The average molecular weight is 424 g/mol. The maximum atomic E-state index is 12.9. The molecular weight excluding hydrogens is 400 g/mol. The van der Waals surface area contributed by atoms with Crippen LogP contribution < -0.4 is 0 Å². The topological polar surface area (TPSA) is 110 Å². The first-order chi connectivity index (χ1) is 14.8. The molecule has 1 N–H and O–H groups in total. The highest BCUT2D eigenvalue weighted by atomic mass is 16.6. The van der Waals surface area contributed by atoms with Crippen molar-refractivity contribution >= 4 is 23.1 Å². The molecule has 0 aromatic heterocycles. The van der Waals surface area contributed by atoms with Crippen LogP contribution in [0.2, 0.25) is 0 Å². The number of nitro groups is 1. The van der Waals surface area contributed by atoms with E-state index in [2.05, 4.69) is 0 Å². The molecule has 8 heteroatoms. The molecule has 0 spiro atoms. The number of carbonyl (C=O) groups is 2. The van der Waals surface area contributed by atoms with E-state index in [1.807, 2.05) is 13.8 Å². The minimum Gasteiger partial charge on any atom is -0.507 e. The van der Waals surface area contributed by atoms with Gasteiger partial charge in [0.05, 0.1) is 22.6 Å². The van der Waals surface area contributed by atoms with Crippen LogP contribution in [0.4, 0.5) is 5.69 Å². The molecule has 0 unspecified atom stereocenters. The van der Waals surface area contributed by atoms with Crippen molar-refractivity contribution in [2.24, 2.45) is 0 Å². The minimum atomic E-state index is -0.847. The van der Waals surface area contributed by atoms with E-state index in [1.165, 1.54) is 29.2 Å². The highest BCUT2D eigenvalue weighted by Crippen LogP contribution is 2.39. The fourth-order valence-electron chi connectivity index (χ4n) is 3.54. The van der Waals surface area contributed by atoms with Crippen molar-refractivity contribution in [2.75, 3.05) is 13.2 Å². The lowest BCUT2D eigenvalue weighted by Gasteiger charge is -2.25. The Kier molecular flexibility index (Phi) is 6.81. The zero-order valence-electron chi connectivity index (χ0n) is 17.4. The number of nitrogens with zero attached hydrogens (tertiary/aromatic N) is 2. The monoisotopic (exact) mass is 424 g/mol. The maximum Gasteiger partial charge on any atom is 0.295 e. The molecule has 1 fully saturated rings. The molecule has 1 saturated heterocycles. The van der Waals surface area contributed by atoms with Crippen LogP contribution in [-0.2, 0) is 14.3 Å². The van der Waals surface area contributed by atoms with Crippen molar-refractivity contribution in [2.45, 2.75) is 32.4 Å². The molecule has 31 heavy (non-hydrogen) atoms. The SMILES string of the molecule is CC(C)OCCCN1C(=O)C(=O)C(=C(O)c2ccccc2)[C@@H]1c1ccc([N+](=O)[O-])cc1. The molecular formula is C23H24N2O6. The van der Waals surface area contributed by atoms with Crippen LogP contribution >= 0.6 is 0 Å². The van der Waals surface area contributed by atoms with Gasteiger partial charge in [0.1, 0.15) is 5.76 Å². The number of benzene rings is 2. The Labute approximate surface area is 179 Å². The number of rotatable bonds is 8. The summed E-state index contributed by atoms with van der Waals surface area (Å²) in [5, 5.41) is 21.9. The van der Waals surface area contributed by atoms with Gasteiger partial charge in [0.2, 0.25) is 0 Å². The van der Waals surface area contributed by atoms with Crippen molar-refractivity contribution in [3.63, 3.8) is 0 Å². The smallest absolute Gasteiger partial charge is 0.295 e. The molecule has 1 amide bonds. The Bertz CT molecular complexity index is 998. The number of likely N-dealkylation sites (tertiary alicyclic amines) is 1. The molecule has 1 atom stereocenters. The molecule has 1 heterocycles. The van der Waals surface area contributed by atoms with E-state index in [1.54, 1.807) is 30.3 Å².